The highest BCUT2D eigenvalue weighted by atomic mass is 15.3. The van der Waals surface area contributed by atoms with Crippen molar-refractivity contribution in [2.45, 2.75) is 32.4 Å². The fourth-order valence-electron chi connectivity index (χ4n) is 4.24. The van der Waals surface area contributed by atoms with Crippen LogP contribution < -0.4 is 4.90 Å². The first-order valence-corrected chi connectivity index (χ1v) is 8.97. The number of fused-ring (bicyclic) bond motifs is 4. The second-order valence-electron chi connectivity index (χ2n) is 7.29. The van der Waals surface area contributed by atoms with E-state index >= 15 is 0 Å². The van der Waals surface area contributed by atoms with Crippen molar-refractivity contribution in [3.8, 4) is 6.07 Å². The van der Waals surface area contributed by atoms with Gasteiger partial charge in [0.15, 0.2) is 0 Å². The molecule has 0 unspecified atom stereocenters. The Morgan fingerprint density at radius 2 is 2.00 bits per heavy atom. The van der Waals surface area contributed by atoms with Gasteiger partial charge in [-0.3, -0.25) is 4.90 Å². The highest BCUT2D eigenvalue weighted by molar-refractivity contribution is 5.35. The van der Waals surface area contributed by atoms with E-state index in [1.807, 2.05) is 36.1 Å². The predicted molar refractivity (Wildman–Crippen MR) is 96.0 cm³/mol. The molecule has 3 saturated heterocycles. The molecule has 6 nitrogen and oxygen atoms in total. The number of rotatable bonds is 3. The first-order chi connectivity index (χ1) is 12.2. The summed E-state index contributed by atoms with van der Waals surface area (Å²) < 4.78 is 2.00. The standard InChI is InChI=1S/C19H24N6/c1-14-16(8-18(9-20)23(14)2)12-24-10-15-4-5-17(24)13-25(11-15)19-21-6-3-7-22-19/h3,6-8,15,17H,4-5,10-13H2,1-2H3/t15-,17-/m1/s1. The van der Waals surface area contributed by atoms with Crippen LogP contribution in [0, 0.1) is 24.2 Å². The molecule has 3 fully saturated rings. The molecule has 2 atom stereocenters. The van der Waals surface area contributed by atoms with Crippen LogP contribution in [0.4, 0.5) is 5.95 Å². The second kappa shape index (κ2) is 6.49. The van der Waals surface area contributed by atoms with E-state index in [1.165, 1.54) is 24.1 Å². The van der Waals surface area contributed by atoms with Gasteiger partial charge in [-0.15, -0.1) is 0 Å². The summed E-state index contributed by atoms with van der Waals surface area (Å²) in [5.74, 6) is 1.51. The molecule has 5 rings (SSSR count). The number of hydrogen-bond donors (Lipinski definition) is 0. The number of hydrogen-bond acceptors (Lipinski definition) is 5. The second-order valence-corrected chi connectivity index (χ2v) is 7.29. The summed E-state index contributed by atoms with van der Waals surface area (Å²) in [6, 6.07) is 6.73. The Hall–Kier alpha value is -2.39. The SMILES string of the molecule is Cc1c(CN2C[C@H]3CC[C@@H]2CN(c2ncccn2)C3)cc(C#N)n1C. The molecule has 2 bridgehead atoms. The number of nitriles is 1. The molecular weight excluding hydrogens is 312 g/mol. The van der Waals surface area contributed by atoms with Crippen molar-refractivity contribution >= 4 is 5.95 Å². The first-order valence-electron chi connectivity index (χ1n) is 8.97. The highest BCUT2D eigenvalue weighted by Crippen LogP contribution is 2.31. The topological polar surface area (TPSA) is 61.0 Å². The Labute approximate surface area is 148 Å². The van der Waals surface area contributed by atoms with E-state index in [0.717, 1.165) is 37.8 Å². The highest BCUT2D eigenvalue weighted by Gasteiger charge is 2.35. The van der Waals surface area contributed by atoms with E-state index in [4.69, 9.17) is 0 Å². The molecule has 130 valence electrons. The van der Waals surface area contributed by atoms with Crippen LogP contribution in [-0.4, -0.2) is 45.1 Å². The van der Waals surface area contributed by atoms with Crippen molar-refractivity contribution in [3.05, 3.63) is 41.5 Å². The normalized spacial score (nSPS) is 23.5. The fraction of sp³-hybridized carbons (Fsp3) is 0.526. The third-order valence-corrected chi connectivity index (χ3v) is 5.79. The summed E-state index contributed by atoms with van der Waals surface area (Å²) in [7, 11) is 1.97. The van der Waals surface area contributed by atoms with Gasteiger partial charge in [-0.05, 0) is 43.4 Å². The van der Waals surface area contributed by atoms with E-state index in [0.29, 0.717) is 12.0 Å². The maximum atomic E-state index is 9.27. The van der Waals surface area contributed by atoms with Gasteiger partial charge in [-0.1, -0.05) is 0 Å². The number of nitrogens with zero attached hydrogens (tertiary/aromatic N) is 6. The van der Waals surface area contributed by atoms with Gasteiger partial charge in [0.25, 0.3) is 0 Å². The monoisotopic (exact) mass is 336 g/mol. The Balaban J connectivity index is 1.54. The van der Waals surface area contributed by atoms with Crippen molar-refractivity contribution < 1.29 is 0 Å². The van der Waals surface area contributed by atoms with Gasteiger partial charge in [0.2, 0.25) is 5.95 Å². The molecule has 0 aliphatic carbocycles. The fourth-order valence-corrected chi connectivity index (χ4v) is 4.24. The molecule has 25 heavy (non-hydrogen) atoms. The van der Waals surface area contributed by atoms with E-state index < -0.39 is 0 Å². The zero-order valence-electron chi connectivity index (χ0n) is 14.9. The summed E-state index contributed by atoms with van der Waals surface area (Å²) in [4.78, 5) is 13.8. The molecule has 0 radical (unpaired) electrons. The van der Waals surface area contributed by atoms with Crippen LogP contribution in [0.25, 0.3) is 0 Å². The molecule has 5 heterocycles. The minimum absolute atomic E-state index is 0.521. The van der Waals surface area contributed by atoms with Crippen molar-refractivity contribution in [3.63, 3.8) is 0 Å². The minimum atomic E-state index is 0.521. The maximum absolute atomic E-state index is 9.27. The third-order valence-electron chi connectivity index (χ3n) is 5.79. The molecule has 0 N–H and O–H groups in total. The number of aromatic nitrogens is 3. The molecule has 0 saturated carbocycles. The molecular formula is C19H24N6. The van der Waals surface area contributed by atoms with Gasteiger partial charge in [0, 0.05) is 57.4 Å². The van der Waals surface area contributed by atoms with E-state index in [-0.39, 0.29) is 0 Å². The number of piperidine rings is 1. The average molecular weight is 336 g/mol. The van der Waals surface area contributed by atoms with Gasteiger partial charge >= 0.3 is 0 Å². The van der Waals surface area contributed by atoms with Crippen LogP contribution in [0.5, 0.6) is 0 Å². The van der Waals surface area contributed by atoms with Gasteiger partial charge in [-0.2, -0.15) is 5.26 Å². The molecule has 0 spiro atoms. The lowest BCUT2D eigenvalue weighted by Gasteiger charge is -2.36. The number of anilines is 1. The van der Waals surface area contributed by atoms with Gasteiger partial charge in [0.1, 0.15) is 11.8 Å². The Kier molecular flexibility index (Phi) is 4.18. The maximum Gasteiger partial charge on any atom is 0.225 e. The predicted octanol–water partition coefficient (Wildman–Crippen LogP) is 2.10. The Bertz CT molecular complexity index is 790. The molecule has 0 amide bonds. The quantitative estimate of drug-likeness (QED) is 0.859. The summed E-state index contributed by atoms with van der Waals surface area (Å²) in [5.41, 5.74) is 3.21. The van der Waals surface area contributed by atoms with Crippen molar-refractivity contribution in [2.75, 3.05) is 24.5 Å². The van der Waals surface area contributed by atoms with Crippen LogP contribution in [0.15, 0.2) is 24.5 Å². The summed E-state index contributed by atoms with van der Waals surface area (Å²) in [6.45, 7) is 6.17. The third kappa shape index (κ3) is 3.00. The molecule has 3 aliphatic heterocycles. The average Bonchev–Trinajstić information content (AvgIpc) is 2.82. The van der Waals surface area contributed by atoms with E-state index in [1.54, 1.807) is 0 Å². The molecule has 6 heteroatoms. The van der Waals surface area contributed by atoms with Crippen LogP contribution >= 0.6 is 0 Å². The van der Waals surface area contributed by atoms with Crippen LogP contribution in [0.2, 0.25) is 0 Å². The smallest absolute Gasteiger partial charge is 0.225 e. The lowest BCUT2D eigenvalue weighted by molar-refractivity contribution is 0.126. The lowest BCUT2D eigenvalue weighted by Crippen LogP contribution is -2.43. The Morgan fingerprint density at radius 1 is 1.20 bits per heavy atom. The van der Waals surface area contributed by atoms with Gasteiger partial charge < -0.3 is 9.47 Å². The van der Waals surface area contributed by atoms with E-state index in [9.17, 15) is 5.26 Å². The zero-order valence-corrected chi connectivity index (χ0v) is 14.9. The van der Waals surface area contributed by atoms with Crippen molar-refractivity contribution in [1.82, 2.24) is 19.4 Å². The molecule has 2 aromatic heterocycles. The zero-order chi connectivity index (χ0) is 17.4. The van der Waals surface area contributed by atoms with Crippen molar-refractivity contribution in [2.24, 2.45) is 13.0 Å². The molecule has 3 aliphatic rings. The molecule has 2 aromatic rings. The van der Waals surface area contributed by atoms with Gasteiger partial charge in [0.05, 0.1) is 0 Å². The van der Waals surface area contributed by atoms with Crippen LogP contribution in [0.1, 0.15) is 29.8 Å². The largest absolute Gasteiger partial charge is 0.340 e. The Morgan fingerprint density at radius 3 is 2.72 bits per heavy atom. The summed E-state index contributed by atoms with van der Waals surface area (Å²) in [5, 5.41) is 9.27. The van der Waals surface area contributed by atoms with Crippen LogP contribution in [0.3, 0.4) is 0 Å². The molecule has 0 aromatic carbocycles. The lowest BCUT2D eigenvalue weighted by atomic mass is 9.94. The summed E-state index contributed by atoms with van der Waals surface area (Å²) in [6.07, 6.45) is 6.15. The van der Waals surface area contributed by atoms with Crippen LogP contribution in [-0.2, 0) is 13.6 Å². The summed E-state index contributed by atoms with van der Waals surface area (Å²) >= 11 is 0. The van der Waals surface area contributed by atoms with Gasteiger partial charge in [-0.25, -0.2) is 9.97 Å². The first kappa shape index (κ1) is 16.1. The van der Waals surface area contributed by atoms with E-state index in [2.05, 4.69) is 32.8 Å². The van der Waals surface area contributed by atoms with Crippen molar-refractivity contribution in [1.29, 1.82) is 5.26 Å². The minimum Gasteiger partial charge on any atom is -0.340 e.